The summed E-state index contributed by atoms with van der Waals surface area (Å²) in [6.07, 6.45) is 7.21. The molecule has 0 bridgehead atoms. The summed E-state index contributed by atoms with van der Waals surface area (Å²) in [7, 11) is -3.59. The lowest BCUT2D eigenvalue weighted by Crippen LogP contribution is -2.42. The normalized spacial score (nSPS) is 26.5. The predicted octanol–water partition coefficient (Wildman–Crippen LogP) is 1.30. The Morgan fingerprint density at radius 1 is 1.33 bits per heavy atom. The van der Waals surface area contributed by atoms with E-state index in [9.17, 15) is 23.4 Å². The summed E-state index contributed by atoms with van der Waals surface area (Å²) < 4.78 is 28.1. The van der Waals surface area contributed by atoms with Gasteiger partial charge in [0.2, 0.25) is 0 Å². The van der Waals surface area contributed by atoms with Gasteiger partial charge in [-0.3, -0.25) is 8.98 Å². The average molecular weight is 364 g/mol. The summed E-state index contributed by atoms with van der Waals surface area (Å²) in [6.45, 7) is -0.366. The Bertz CT molecular complexity index is 515. The zero-order chi connectivity index (χ0) is 18.2. The van der Waals surface area contributed by atoms with Gasteiger partial charge in [0.1, 0.15) is 0 Å². The molecule has 1 aliphatic rings. The maximum Gasteiger partial charge on any atom is 0.303 e. The molecule has 0 aromatic heterocycles. The van der Waals surface area contributed by atoms with Gasteiger partial charge < -0.3 is 15.3 Å². The standard InChI is InChI=1S/C16H28O7S/c1-24(21,22)23-15-9-6-8-12(14(18)11-17)13(15)7-4-2-3-5-10-16(19)20/h2,4,12-15,17-18H,3,5-11H2,1H3,(H,19,20)/b4-2-/t12-,13?,14-,15+/m1/s1. The fraction of sp³-hybridized carbons (Fsp3) is 0.812. The van der Waals surface area contributed by atoms with Crippen LogP contribution in [-0.4, -0.2) is 54.8 Å². The van der Waals surface area contributed by atoms with Gasteiger partial charge in [0, 0.05) is 6.42 Å². The highest BCUT2D eigenvalue weighted by molar-refractivity contribution is 7.86. The van der Waals surface area contributed by atoms with Crippen molar-refractivity contribution in [2.24, 2.45) is 11.8 Å². The first-order valence-electron chi connectivity index (χ1n) is 8.28. The molecule has 0 heterocycles. The largest absolute Gasteiger partial charge is 0.481 e. The number of aliphatic hydroxyl groups excluding tert-OH is 2. The van der Waals surface area contributed by atoms with Crippen LogP contribution in [0, 0.1) is 11.8 Å². The minimum atomic E-state index is -3.59. The van der Waals surface area contributed by atoms with Crippen molar-refractivity contribution in [3.05, 3.63) is 12.2 Å². The maximum absolute atomic E-state index is 11.5. The Hall–Kier alpha value is -0.960. The van der Waals surface area contributed by atoms with E-state index in [1.54, 1.807) is 0 Å². The lowest BCUT2D eigenvalue weighted by molar-refractivity contribution is -0.137. The number of hydrogen-bond acceptors (Lipinski definition) is 6. The summed E-state index contributed by atoms with van der Waals surface area (Å²) in [6, 6.07) is 0. The van der Waals surface area contributed by atoms with Gasteiger partial charge in [-0.05, 0) is 43.9 Å². The van der Waals surface area contributed by atoms with Crippen LogP contribution < -0.4 is 0 Å². The van der Waals surface area contributed by atoms with E-state index in [-0.39, 0.29) is 24.9 Å². The fourth-order valence-electron chi connectivity index (χ4n) is 3.28. The average Bonchev–Trinajstić information content (AvgIpc) is 2.49. The van der Waals surface area contributed by atoms with Gasteiger partial charge >= 0.3 is 5.97 Å². The quantitative estimate of drug-likeness (QED) is 0.303. The summed E-state index contributed by atoms with van der Waals surface area (Å²) in [5, 5.41) is 27.9. The van der Waals surface area contributed by atoms with Crippen LogP contribution in [0.3, 0.4) is 0 Å². The highest BCUT2D eigenvalue weighted by Gasteiger charge is 2.38. The second kappa shape index (κ2) is 10.1. The number of unbranched alkanes of at least 4 members (excludes halogenated alkanes) is 1. The molecule has 0 saturated heterocycles. The highest BCUT2D eigenvalue weighted by atomic mass is 32.2. The number of hydrogen-bond donors (Lipinski definition) is 3. The zero-order valence-electron chi connectivity index (χ0n) is 14.0. The van der Waals surface area contributed by atoms with E-state index in [2.05, 4.69) is 0 Å². The highest BCUT2D eigenvalue weighted by Crippen LogP contribution is 2.37. The summed E-state index contributed by atoms with van der Waals surface area (Å²) in [5.41, 5.74) is 0. The van der Waals surface area contributed by atoms with Gasteiger partial charge in [0.05, 0.1) is 25.1 Å². The predicted molar refractivity (Wildman–Crippen MR) is 88.9 cm³/mol. The van der Waals surface area contributed by atoms with Gasteiger partial charge in [0.25, 0.3) is 10.1 Å². The molecule has 1 saturated carbocycles. The van der Waals surface area contributed by atoms with Gasteiger partial charge in [-0.15, -0.1) is 0 Å². The molecule has 3 N–H and O–H groups in total. The number of rotatable bonds is 10. The third-order valence-electron chi connectivity index (χ3n) is 4.37. The van der Waals surface area contributed by atoms with E-state index in [0.29, 0.717) is 32.1 Å². The smallest absolute Gasteiger partial charge is 0.303 e. The van der Waals surface area contributed by atoms with Crippen molar-refractivity contribution in [1.29, 1.82) is 0 Å². The molecule has 0 aromatic rings. The Morgan fingerprint density at radius 2 is 2.04 bits per heavy atom. The van der Waals surface area contributed by atoms with Crippen LogP contribution in [0.2, 0.25) is 0 Å². The van der Waals surface area contributed by atoms with E-state index in [0.717, 1.165) is 12.7 Å². The van der Waals surface area contributed by atoms with E-state index in [1.165, 1.54) is 0 Å². The van der Waals surface area contributed by atoms with E-state index in [4.69, 9.17) is 9.29 Å². The molecular weight excluding hydrogens is 336 g/mol. The maximum atomic E-state index is 11.5. The van der Waals surface area contributed by atoms with E-state index < -0.39 is 28.3 Å². The fourth-order valence-corrected chi connectivity index (χ4v) is 3.97. The number of carbonyl (C=O) groups is 1. The third kappa shape index (κ3) is 7.74. The van der Waals surface area contributed by atoms with E-state index >= 15 is 0 Å². The topological polar surface area (TPSA) is 121 Å². The number of carboxylic acid groups (broad SMARTS) is 1. The van der Waals surface area contributed by atoms with Crippen LogP contribution in [0.15, 0.2) is 12.2 Å². The lowest BCUT2D eigenvalue weighted by Gasteiger charge is -2.38. The number of carboxylic acids is 1. The Labute approximate surface area is 143 Å². The van der Waals surface area contributed by atoms with Crippen LogP contribution in [0.4, 0.5) is 0 Å². The molecule has 0 spiro atoms. The first kappa shape index (κ1) is 21.1. The van der Waals surface area contributed by atoms with Crippen LogP contribution in [-0.2, 0) is 19.1 Å². The molecule has 1 fully saturated rings. The van der Waals surface area contributed by atoms with Crippen LogP contribution in [0.5, 0.6) is 0 Å². The summed E-state index contributed by atoms with van der Waals surface area (Å²) in [5.74, 6) is -1.26. The van der Waals surface area contributed by atoms with Gasteiger partial charge in [0.15, 0.2) is 0 Å². The Morgan fingerprint density at radius 3 is 2.62 bits per heavy atom. The number of aliphatic hydroxyl groups is 2. The minimum Gasteiger partial charge on any atom is -0.481 e. The molecule has 24 heavy (non-hydrogen) atoms. The first-order chi connectivity index (χ1) is 11.2. The minimum absolute atomic E-state index is 0.111. The molecular formula is C16H28O7S. The lowest BCUT2D eigenvalue weighted by atomic mass is 9.73. The first-order valence-corrected chi connectivity index (χ1v) is 10.1. The van der Waals surface area contributed by atoms with Crippen LogP contribution in [0.25, 0.3) is 0 Å². The SMILES string of the molecule is CS(=O)(=O)O[C@H]1CCC[C@@H]([C@H](O)CO)C1C/C=C\CCCC(=O)O. The molecule has 1 rings (SSSR count). The summed E-state index contributed by atoms with van der Waals surface area (Å²) >= 11 is 0. The summed E-state index contributed by atoms with van der Waals surface area (Å²) in [4.78, 5) is 10.5. The van der Waals surface area contributed by atoms with Crippen LogP contribution in [0.1, 0.15) is 44.9 Å². The zero-order valence-corrected chi connectivity index (χ0v) is 14.8. The molecule has 0 aliphatic heterocycles. The molecule has 7 nitrogen and oxygen atoms in total. The molecule has 0 radical (unpaired) electrons. The molecule has 0 amide bonds. The molecule has 1 aliphatic carbocycles. The van der Waals surface area contributed by atoms with Crippen molar-refractivity contribution in [3.8, 4) is 0 Å². The molecule has 8 heteroatoms. The Kier molecular flexibility index (Phi) is 8.90. The second-order valence-corrected chi connectivity index (χ2v) is 7.94. The molecule has 1 unspecified atom stereocenters. The van der Waals surface area contributed by atoms with Crippen molar-refractivity contribution in [2.75, 3.05) is 12.9 Å². The van der Waals surface area contributed by atoms with Crippen molar-refractivity contribution < 1.29 is 32.7 Å². The second-order valence-electron chi connectivity index (χ2n) is 6.34. The monoisotopic (exact) mass is 364 g/mol. The van der Waals surface area contributed by atoms with Gasteiger partial charge in [-0.25, -0.2) is 0 Å². The third-order valence-corrected chi connectivity index (χ3v) is 4.97. The molecule has 4 atom stereocenters. The van der Waals surface area contributed by atoms with Gasteiger partial charge in [-0.1, -0.05) is 18.6 Å². The molecule has 140 valence electrons. The van der Waals surface area contributed by atoms with Crippen molar-refractivity contribution in [2.45, 2.75) is 57.2 Å². The number of aliphatic carboxylic acids is 1. The van der Waals surface area contributed by atoms with Crippen molar-refractivity contribution in [3.63, 3.8) is 0 Å². The van der Waals surface area contributed by atoms with Crippen LogP contribution >= 0.6 is 0 Å². The van der Waals surface area contributed by atoms with Gasteiger partial charge in [-0.2, -0.15) is 8.42 Å². The van der Waals surface area contributed by atoms with Crippen molar-refractivity contribution in [1.82, 2.24) is 0 Å². The Balaban J connectivity index is 2.70. The van der Waals surface area contributed by atoms with Crippen molar-refractivity contribution >= 4 is 16.1 Å². The van der Waals surface area contributed by atoms with E-state index in [1.807, 2.05) is 12.2 Å². The number of allylic oxidation sites excluding steroid dienone is 2. The molecule has 0 aromatic carbocycles.